The summed E-state index contributed by atoms with van der Waals surface area (Å²) in [6.07, 6.45) is 12.4. The predicted molar refractivity (Wildman–Crippen MR) is 94.1 cm³/mol. The maximum atomic E-state index is 6.15. The summed E-state index contributed by atoms with van der Waals surface area (Å²) >= 11 is 6.15. The van der Waals surface area contributed by atoms with Crippen molar-refractivity contribution < 1.29 is 14.2 Å². The molecule has 4 heteroatoms. The Balaban J connectivity index is 4.51. The molecule has 0 aromatic carbocycles. The summed E-state index contributed by atoms with van der Waals surface area (Å²) in [4.78, 5) is 0. The normalized spacial score (nSPS) is 14.4. The number of allylic oxidation sites excluding steroid dienone is 2. The molecule has 0 spiro atoms. The Labute approximate surface area is 142 Å². The van der Waals surface area contributed by atoms with Crippen LogP contribution < -0.4 is 0 Å². The van der Waals surface area contributed by atoms with Gasteiger partial charge in [-0.05, 0) is 26.2 Å². The van der Waals surface area contributed by atoms with E-state index >= 15 is 0 Å². The molecule has 0 aliphatic heterocycles. The van der Waals surface area contributed by atoms with Crippen molar-refractivity contribution in [2.75, 3.05) is 21.3 Å². The third kappa shape index (κ3) is 7.96. The van der Waals surface area contributed by atoms with Crippen molar-refractivity contribution in [3.05, 3.63) is 11.1 Å². The van der Waals surface area contributed by atoms with E-state index in [1.807, 2.05) is 13.0 Å². The summed E-state index contributed by atoms with van der Waals surface area (Å²) in [6, 6.07) is 0. The third-order valence-electron chi connectivity index (χ3n) is 4.30. The maximum Gasteiger partial charge on any atom is 0.285 e. The number of hydrogen-bond acceptors (Lipinski definition) is 3. The Hall–Kier alpha value is -0.0900. The number of hydrogen-bond donors (Lipinski definition) is 0. The summed E-state index contributed by atoms with van der Waals surface area (Å²) in [6.45, 7) is 4.20. The second-order valence-electron chi connectivity index (χ2n) is 5.74. The summed E-state index contributed by atoms with van der Waals surface area (Å²) in [7, 11) is 4.91. The molecule has 22 heavy (non-hydrogen) atoms. The standard InChI is InChI=1S/C18H35ClO3/c1-6-8-9-10-11-12-13-16(14-15-17(19)7-2)18(20-3,21-4)22-5/h7,16H,6,8-15H2,1-5H3. The lowest BCUT2D eigenvalue weighted by molar-refractivity contribution is -0.380. The molecule has 0 fully saturated rings. The highest BCUT2D eigenvalue weighted by Gasteiger charge is 2.39. The largest absolute Gasteiger partial charge is 0.331 e. The Kier molecular flexibility index (Phi) is 13.3. The highest BCUT2D eigenvalue weighted by atomic mass is 35.5. The Bertz CT molecular complexity index is 280. The molecule has 0 saturated carbocycles. The van der Waals surface area contributed by atoms with Crippen LogP contribution in [0.25, 0.3) is 0 Å². The van der Waals surface area contributed by atoms with E-state index in [1.54, 1.807) is 21.3 Å². The average molecular weight is 335 g/mol. The van der Waals surface area contributed by atoms with Gasteiger partial charge in [-0.15, -0.1) is 0 Å². The van der Waals surface area contributed by atoms with Crippen LogP contribution in [0.4, 0.5) is 0 Å². The number of halogens is 1. The van der Waals surface area contributed by atoms with Crippen LogP contribution in [0, 0.1) is 5.92 Å². The van der Waals surface area contributed by atoms with Gasteiger partial charge in [-0.3, -0.25) is 0 Å². The van der Waals surface area contributed by atoms with Crippen LogP contribution in [0.15, 0.2) is 11.1 Å². The van der Waals surface area contributed by atoms with E-state index in [4.69, 9.17) is 25.8 Å². The zero-order valence-electron chi connectivity index (χ0n) is 15.1. The van der Waals surface area contributed by atoms with Crippen molar-refractivity contribution in [3.8, 4) is 0 Å². The highest BCUT2D eigenvalue weighted by Crippen LogP contribution is 2.33. The zero-order valence-corrected chi connectivity index (χ0v) is 15.9. The topological polar surface area (TPSA) is 27.7 Å². The summed E-state index contributed by atoms with van der Waals surface area (Å²) in [5, 5.41) is 0.880. The SMILES string of the molecule is CC=C(Cl)CCC(CCCCCCCC)C(OC)(OC)OC. The third-order valence-corrected chi connectivity index (χ3v) is 4.71. The van der Waals surface area contributed by atoms with E-state index in [2.05, 4.69) is 6.92 Å². The van der Waals surface area contributed by atoms with Crippen LogP contribution in [-0.4, -0.2) is 27.3 Å². The molecule has 132 valence electrons. The Morgan fingerprint density at radius 3 is 2.00 bits per heavy atom. The molecule has 0 aliphatic carbocycles. The van der Waals surface area contributed by atoms with Crippen LogP contribution in [0.5, 0.6) is 0 Å². The fourth-order valence-electron chi connectivity index (χ4n) is 2.88. The van der Waals surface area contributed by atoms with E-state index in [0.29, 0.717) is 0 Å². The van der Waals surface area contributed by atoms with Crippen LogP contribution in [0.3, 0.4) is 0 Å². The summed E-state index contributed by atoms with van der Waals surface area (Å²) in [5.74, 6) is -0.790. The van der Waals surface area contributed by atoms with Crippen LogP contribution in [0.2, 0.25) is 0 Å². The van der Waals surface area contributed by atoms with Gasteiger partial charge in [-0.25, -0.2) is 0 Å². The van der Waals surface area contributed by atoms with Crippen LogP contribution in [0.1, 0.15) is 71.6 Å². The second kappa shape index (κ2) is 13.4. The van der Waals surface area contributed by atoms with Gasteiger partial charge in [0, 0.05) is 32.3 Å². The van der Waals surface area contributed by atoms with Gasteiger partial charge in [0.1, 0.15) is 0 Å². The minimum Gasteiger partial charge on any atom is -0.331 e. The molecule has 3 nitrogen and oxygen atoms in total. The number of unbranched alkanes of at least 4 members (excludes halogenated alkanes) is 5. The number of ether oxygens (including phenoxy) is 3. The summed E-state index contributed by atoms with van der Waals surface area (Å²) < 4.78 is 16.7. The minimum absolute atomic E-state index is 0.173. The Morgan fingerprint density at radius 1 is 0.955 bits per heavy atom. The van der Waals surface area contributed by atoms with E-state index in [1.165, 1.54) is 38.5 Å². The van der Waals surface area contributed by atoms with Crippen molar-refractivity contribution in [3.63, 3.8) is 0 Å². The molecule has 0 aromatic rings. The lowest BCUT2D eigenvalue weighted by Crippen LogP contribution is -2.44. The highest BCUT2D eigenvalue weighted by molar-refractivity contribution is 6.29. The second-order valence-corrected chi connectivity index (χ2v) is 6.23. The zero-order chi connectivity index (χ0) is 16.8. The molecule has 0 aromatic heterocycles. The fourth-order valence-corrected chi connectivity index (χ4v) is 2.98. The first-order valence-corrected chi connectivity index (χ1v) is 8.94. The van der Waals surface area contributed by atoms with Gasteiger partial charge >= 0.3 is 0 Å². The van der Waals surface area contributed by atoms with Crippen LogP contribution >= 0.6 is 11.6 Å². The van der Waals surface area contributed by atoms with Crippen molar-refractivity contribution in [2.24, 2.45) is 5.92 Å². The van der Waals surface area contributed by atoms with E-state index in [9.17, 15) is 0 Å². The van der Waals surface area contributed by atoms with Crippen molar-refractivity contribution in [2.45, 2.75) is 77.6 Å². The van der Waals surface area contributed by atoms with E-state index in [0.717, 1.165) is 24.3 Å². The quantitative estimate of drug-likeness (QED) is 0.294. The Morgan fingerprint density at radius 2 is 1.50 bits per heavy atom. The molecule has 0 aliphatic rings. The van der Waals surface area contributed by atoms with Gasteiger partial charge in [0.05, 0.1) is 0 Å². The first-order valence-electron chi connectivity index (χ1n) is 8.56. The minimum atomic E-state index is -0.964. The average Bonchev–Trinajstić information content (AvgIpc) is 2.56. The lowest BCUT2D eigenvalue weighted by atomic mass is 9.92. The van der Waals surface area contributed by atoms with Gasteiger partial charge in [-0.2, -0.15) is 0 Å². The molecule has 0 N–H and O–H groups in total. The smallest absolute Gasteiger partial charge is 0.285 e. The van der Waals surface area contributed by atoms with Gasteiger partial charge < -0.3 is 14.2 Å². The molecule has 0 heterocycles. The van der Waals surface area contributed by atoms with Gasteiger partial charge in [0.25, 0.3) is 5.97 Å². The first-order chi connectivity index (χ1) is 10.6. The molecule has 0 amide bonds. The molecule has 1 unspecified atom stereocenters. The van der Waals surface area contributed by atoms with Crippen molar-refractivity contribution in [1.82, 2.24) is 0 Å². The molecule has 0 saturated heterocycles. The van der Waals surface area contributed by atoms with Gasteiger partial charge in [-0.1, -0.05) is 63.1 Å². The monoisotopic (exact) mass is 334 g/mol. The van der Waals surface area contributed by atoms with E-state index < -0.39 is 5.97 Å². The molecule has 1 atom stereocenters. The lowest BCUT2D eigenvalue weighted by Gasteiger charge is -2.36. The molecular weight excluding hydrogens is 300 g/mol. The maximum absolute atomic E-state index is 6.15. The molecular formula is C18H35ClO3. The molecule has 0 rings (SSSR count). The van der Waals surface area contributed by atoms with Gasteiger partial charge in [0.2, 0.25) is 0 Å². The molecule has 0 bridgehead atoms. The van der Waals surface area contributed by atoms with Crippen molar-refractivity contribution in [1.29, 1.82) is 0 Å². The molecule has 0 radical (unpaired) electrons. The van der Waals surface area contributed by atoms with Crippen molar-refractivity contribution >= 4 is 11.6 Å². The van der Waals surface area contributed by atoms with Crippen LogP contribution in [-0.2, 0) is 14.2 Å². The number of methoxy groups -OCH3 is 3. The first kappa shape index (κ1) is 21.9. The fraction of sp³-hybridized carbons (Fsp3) is 0.889. The van der Waals surface area contributed by atoms with E-state index in [-0.39, 0.29) is 5.92 Å². The van der Waals surface area contributed by atoms with Gasteiger partial charge in [0.15, 0.2) is 0 Å². The summed E-state index contributed by atoms with van der Waals surface area (Å²) in [5.41, 5.74) is 0. The predicted octanol–water partition coefficient (Wildman–Crippen LogP) is 5.87. The number of rotatable bonds is 14.